The van der Waals surface area contributed by atoms with Crippen LogP contribution in [0.3, 0.4) is 0 Å². The number of aromatic carboxylic acids is 1. The molecule has 0 aliphatic rings. The maximum absolute atomic E-state index is 10.8. The molecule has 0 aromatic carbocycles. The van der Waals surface area contributed by atoms with Crippen molar-refractivity contribution in [3.05, 3.63) is 36.4 Å². The second kappa shape index (κ2) is 3.03. The van der Waals surface area contributed by atoms with Gasteiger partial charge >= 0.3 is 5.97 Å². The maximum Gasteiger partial charge on any atom is 0.352 e. The average molecular weight is 213 g/mol. The molecule has 0 bridgehead atoms. The van der Waals surface area contributed by atoms with Crippen LogP contribution in [0.5, 0.6) is 0 Å². The molecule has 5 heteroatoms. The van der Waals surface area contributed by atoms with Crippen LogP contribution in [0, 0.1) is 0 Å². The van der Waals surface area contributed by atoms with Gasteiger partial charge in [0.15, 0.2) is 0 Å². The number of fused-ring (bicyclic) bond motifs is 3. The number of aromatic nitrogens is 3. The SMILES string of the molecule is O=C(O)c1cc2c(ncc3cnccc32)[nH]1. The van der Waals surface area contributed by atoms with Crippen molar-refractivity contribution in [1.29, 1.82) is 0 Å². The number of nitrogens with one attached hydrogen (secondary N) is 1. The molecular formula is C11H7N3O2. The van der Waals surface area contributed by atoms with Gasteiger partial charge in [-0.2, -0.15) is 0 Å². The fourth-order valence-corrected chi connectivity index (χ4v) is 1.75. The zero-order chi connectivity index (χ0) is 11.1. The number of hydrogen-bond donors (Lipinski definition) is 2. The van der Waals surface area contributed by atoms with Crippen molar-refractivity contribution in [1.82, 2.24) is 15.0 Å². The molecule has 0 saturated heterocycles. The minimum Gasteiger partial charge on any atom is -0.477 e. The van der Waals surface area contributed by atoms with Gasteiger partial charge < -0.3 is 10.1 Å². The van der Waals surface area contributed by atoms with Crippen molar-refractivity contribution >= 4 is 27.8 Å². The molecule has 2 N–H and O–H groups in total. The molecule has 16 heavy (non-hydrogen) atoms. The molecule has 0 aliphatic heterocycles. The summed E-state index contributed by atoms with van der Waals surface area (Å²) >= 11 is 0. The van der Waals surface area contributed by atoms with Crippen LogP contribution in [0.4, 0.5) is 0 Å². The summed E-state index contributed by atoms with van der Waals surface area (Å²) in [6, 6.07) is 3.44. The summed E-state index contributed by atoms with van der Waals surface area (Å²) in [6.45, 7) is 0. The summed E-state index contributed by atoms with van der Waals surface area (Å²) in [6.07, 6.45) is 5.05. The molecular weight excluding hydrogens is 206 g/mol. The minimum absolute atomic E-state index is 0.145. The monoisotopic (exact) mass is 213 g/mol. The Bertz CT molecular complexity index is 703. The lowest BCUT2D eigenvalue weighted by Gasteiger charge is -1.96. The first-order valence-corrected chi connectivity index (χ1v) is 4.70. The standard InChI is InChI=1S/C11H7N3O2/c15-11(16)9-3-8-7-1-2-12-4-6(7)5-13-10(8)14-9/h1-5H,(H,13,14)(H,15,16). The van der Waals surface area contributed by atoms with Gasteiger partial charge in [0.25, 0.3) is 0 Å². The van der Waals surface area contributed by atoms with Gasteiger partial charge in [0.1, 0.15) is 11.3 Å². The van der Waals surface area contributed by atoms with E-state index in [0.717, 1.165) is 16.2 Å². The smallest absolute Gasteiger partial charge is 0.352 e. The second-order valence-corrected chi connectivity index (χ2v) is 3.47. The van der Waals surface area contributed by atoms with Gasteiger partial charge in [-0.3, -0.25) is 4.98 Å². The number of pyridine rings is 2. The van der Waals surface area contributed by atoms with Gasteiger partial charge in [0, 0.05) is 29.4 Å². The zero-order valence-corrected chi connectivity index (χ0v) is 8.14. The Balaban J connectivity index is 2.46. The largest absolute Gasteiger partial charge is 0.477 e. The van der Waals surface area contributed by atoms with Crippen molar-refractivity contribution in [3.63, 3.8) is 0 Å². The molecule has 0 atom stereocenters. The van der Waals surface area contributed by atoms with Gasteiger partial charge in [-0.15, -0.1) is 0 Å². The lowest BCUT2D eigenvalue weighted by molar-refractivity contribution is 0.0691. The van der Waals surface area contributed by atoms with E-state index < -0.39 is 5.97 Å². The van der Waals surface area contributed by atoms with Crippen molar-refractivity contribution in [3.8, 4) is 0 Å². The Morgan fingerprint density at radius 2 is 2.19 bits per heavy atom. The highest BCUT2D eigenvalue weighted by Crippen LogP contribution is 2.23. The van der Waals surface area contributed by atoms with E-state index in [4.69, 9.17) is 5.11 Å². The van der Waals surface area contributed by atoms with Gasteiger partial charge in [0.2, 0.25) is 0 Å². The quantitative estimate of drug-likeness (QED) is 0.646. The van der Waals surface area contributed by atoms with E-state index in [9.17, 15) is 4.79 Å². The normalized spacial score (nSPS) is 11.0. The number of rotatable bonds is 1. The lowest BCUT2D eigenvalue weighted by atomic mass is 10.1. The van der Waals surface area contributed by atoms with E-state index in [1.807, 2.05) is 6.07 Å². The summed E-state index contributed by atoms with van der Waals surface area (Å²) in [5, 5.41) is 11.5. The Morgan fingerprint density at radius 3 is 3.00 bits per heavy atom. The molecule has 0 amide bonds. The maximum atomic E-state index is 10.8. The Kier molecular flexibility index (Phi) is 1.67. The Morgan fingerprint density at radius 1 is 1.31 bits per heavy atom. The number of H-pyrrole nitrogens is 1. The first kappa shape index (κ1) is 8.84. The van der Waals surface area contributed by atoms with Crippen LogP contribution in [0.1, 0.15) is 10.5 Å². The molecule has 0 unspecified atom stereocenters. The summed E-state index contributed by atoms with van der Waals surface area (Å²) in [7, 11) is 0. The fraction of sp³-hybridized carbons (Fsp3) is 0. The summed E-state index contributed by atoms with van der Waals surface area (Å²) in [4.78, 5) is 21.7. The zero-order valence-electron chi connectivity index (χ0n) is 8.14. The number of carboxylic acid groups (broad SMARTS) is 1. The van der Waals surface area contributed by atoms with Crippen LogP contribution < -0.4 is 0 Å². The highest BCUT2D eigenvalue weighted by molar-refractivity contribution is 6.06. The predicted molar refractivity (Wildman–Crippen MR) is 58.4 cm³/mol. The third-order valence-electron chi connectivity index (χ3n) is 2.50. The molecule has 3 rings (SSSR count). The van der Waals surface area contributed by atoms with E-state index in [2.05, 4.69) is 15.0 Å². The Labute approximate surface area is 89.8 Å². The van der Waals surface area contributed by atoms with Gasteiger partial charge in [-0.25, -0.2) is 9.78 Å². The van der Waals surface area contributed by atoms with Crippen LogP contribution in [0.25, 0.3) is 21.8 Å². The molecule has 3 aromatic heterocycles. The first-order chi connectivity index (χ1) is 7.75. The topological polar surface area (TPSA) is 78.9 Å². The van der Waals surface area contributed by atoms with Crippen LogP contribution >= 0.6 is 0 Å². The Hall–Kier alpha value is -2.43. The molecule has 0 aliphatic carbocycles. The summed E-state index contributed by atoms with van der Waals surface area (Å²) in [5.41, 5.74) is 0.725. The fourth-order valence-electron chi connectivity index (χ4n) is 1.75. The second-order valence-electron chi connectivity index (χ2n) is 3.47. The number of hydrogen-bond acceptors (Lipinski definition) is 3. The molecule has 5 nitrogen and oxygen atoms in total. The van der Waals surface area contributed by atoms with Crippen LogP contribution in [0.15, 0.2) is 30.7 Å². The van der Waals surface area contributed by atoms with Crippen LogP contribution in [-0.4, -0.2) is 26.0 Å². The van der Waals surface area contributed by atoms with E-state index in [1.54, 1.807) is 24.7 Å². The molecule has 0 radical (unpaired) electrons. The highest BCUT2D eigenvalue weighted by atomic mass is 16.4. The number of nitrogens with zero attached hydrogens (tertiary/aromatic N) is 2. The van der Waals surface area contributed by atoms with Crippen molar-refractivity contribution < 1.29 is 9.90 Å². The van der Waals surface area contributed by atoms with Gasteiger partial charge in [-0.1, -0.05) is 0 Å². The number of carboxylic acids is 1. The van der Waals surface area contributed by atoms with E-state index >= 15 is 0 Å². The van der Waals surface area contributed by atoms with Crippen LogP contribution in [0.2, 0.25) is 0 Å². The molecule has 78 valence electrons. The predicted octanol–water partition coefficient (Wildman–Crippen LogP) is 1.81. The van der Waals surface area contributed by atoms with Crippen molar-refractivity contribution in [2.24, 2.45) is 0 Å². The molecule has 3 heterocycles. The van der Waals surface area contributed by atoms with E-state index in [0.29, 0.717) is 5.65 Å². The number of carbonyl (C=O) groups is 1. The third-order valence-corrected chi connectivity index (χ3v) is 2.50. The van der Waals surface area contributed by atoms with Crippen LogP contribution in [-0.2, 0) is 0 Å². The summed E-state index contributed by atoms with van der Waals surface area (Å²) in [5.74, 6) is -0.986. The summed E-state index contributed by atoms with van der Waals surface area (Å²) < 4.78 is 0. The van der Waals surface area contributed by atoms with Gasteiger partial charge in [-0.05, 0) is 17.5 Å². The van der Waals surface area contributed by atoms with Crippen molar-refractivity contribution in [2.75, 3.05) is 0 Å². The van der Waals surface area contributed by atoms with E-state index in [1.165, 1.54) is 0 Å². The molecule has 0 saturated carbocycles. The minimum atomic E-state index is -0.986. The first-order valence-electron chi connectivity index (χ1n) is 4.70. The van der Waals surface area contributed by atoms with Gasteiger partial charge in [0.05, 0.1) is 0 Å². The van der Waals surface area contributed by atoms with E-state index in [-0.39, 0.29) is 5.69 Å². The number of aromatic amines is 1. The molecule has 0 spiro atoms. The molecule has 0 fully saturated rings. The third kappa shape index (κ3) is 1.15. The lowest BCUT2D eigenvalue weighted by Crippen LogP contribution is -1.94. The highest BCUT2D eigenvalue weighted by Gasteiger charge is 2.10. The molecule has 3 aromatic rings. The average Bonchev–Trinajstić information content (AvgIpc) is 2.73. The van der Waals surface area contributed by atoms with Crippen molar-refractivity contribution in [2.45, 2.75) is 0 Å².